The Bertz CT molecular complexity index is 844. The lowest BCUT2D eigenvalue weighted by Gasteiger charge is -2.06. The third kappa shape index (κ3) is 1.74. The molecule has 0 bridgehead atoms. The normalized spacial score (nSPS) is 21.0. The minimum absolute atomic E-state index is 0.169. The van der Waals surface area contributed by atoms with E-state index in [0.717, 1.165) is 17.6 Å². The molecule has 2 atom stereocenters. The number of methoxy groups -OCH3 is 1. The summed E-state index contributed by atoms with van der Waals surface area (Å²) in [5.41, 5.74) is 7.35. The number of para-hydroxylation sites is 1. The van der Waals surface area contributed by atoms with Crippen LogP contribution in [0.3, 0.4) is 0 Å². The number of aliphatic hydroxyl groups excluding tert-OH is 1. The highest BCUT2D eigenvalue weighted by Gasteiger charge is 2.41. The van der Waals surface area contributed by atoms with E-state index in [1.807, 2.05) is 18.2 Å². The Morgan fingerprint density at radius 2 is 2.29 bits per heavy atom. The van der Waals surface area contributed by atoms with Crippen molar-refractivity contribution in [3.63, 3.8) is 0 Å². The van der Waals surface area contributed by atoms with E-state index < -0.39 is 0 Å². The molecule has 7 nitrogen and oxygen atoms in total. The quantitative estimate of drug-likeness (QED) is 0.744. The molecule has 2 unspecified atom stereocenters. The molecule has 7 heteroatoms. The second-order valence-electron chi connectivity index (χ2n) is 5.32. The third-order valence-electron chi connectivity index (χ3n) is 4.02. The van der Waals surface area contributed by atoms with Crippen molar-refractivity contribution in [2.75, 3.05) is 19.5 Å². The van der Waals surface area contributed by atoms with Crippen molar-refractivity contribution in [2.45, 2.75) is 12.3 Å². The van der Waals surface area contributed by atoms with E-state index in [2.05, 4.69) is 15.1 Å². The molecule has 21 heavy (non-hydrogen) atoms. The van der Waals surface area contributed by atoms with Gasteiger partial charge in [0, 0.05) is 17.9 Å². The van der Waals surface area contributed by atoms with E-state index in [9.17, 15) is 5.11 Å². The summed E-state index contributed by atoms with van der Waals surface area (Å²) in [6.45, 7) is 0.169. The first-order valence-electron chi connectivity index (χ1n) is 6.82. The molecule has 0 aliphatic heterocycles. The second kappa shape index (κ2) is 4.29. The van der Waals surface area contributed by atoms with Gasteiger partial charge in [0.05, 0.1) is 7.11 Å². The van der Waals surface area contributed by atoms with Crippen molar-refractivity contribution in [3.05, 3.63) is 24.0 Å². The van der Waals surface area contributed by atoms with E-state index in [-0.39, 0.29) is 24.4 Å². The molecular formula is C14H15N5O2. The third-order valence-corrected chi connectivity index (χ3v) is 4.02. The van der Waals surface area contributed by atoms with Crippen LogP contribution in [0.15, 0.2) is 18.2 Å². The number of nitrogens with two attached hydrogens (primary N) is 1. The predicted octanol–water partition coefficient (Wildman–Crippen LogP) is 0.964. The molecule has 1 aliphatic rings. The number of nitrogen functional groups attached to an aromatic ring is 1. The molecule has 0 spiro atoms. The van der Waals surface area contributed by atoms with Gasteiger partial charge in [-0.05, 0) is 24.5 Å². The van der Waals surface area contributed by atoms with Gasteiger partial charge in [-0.15, -0.1) is 5.10 Å². The molecule has 0 saturated heterocycles. The molecule has 2 aromatic heterocycles. The lowest BCUT2D eigenvalue weighted by molar-refractivity contribution is 0.273. The number of hydrogen-bond acceptors (Lipinski definition) is 6. The number of anilines is 1. The van der Waals surface area contributed by atoms with Gasteiger partial charge in [0.15, 0.2) is 11.5 Å². The zero-order chi connectivity index (χ0) is 14.6. The fourth-order valence-corrected chi connectivity index (χ4v) is 2.73. The minimum Gasteiger partial charge on any atom is -0.494 e. The van der Waals surface area contributed by atoms with Crippen LogP contribution in [0.4, 0.5) is 5.95 Å². The highest BCUT2D eigenvalue weighted by atomic mass is 16.5. The first-order chi connectivity index (χ1) is 10.2. The number of nitrogens with zero attached hydrogens (tertiary/aromatic N) is 4. The predicted molar refractivity (Wildman–Crippen MR) is 77.2 cm³/mol. The van der Waals surface area contributed by atoms with Crippen LogP contribution in [-0.4, -0.2) is 38.4 Å². The lowest BCUT2D eigenvalue weighted by Crippen LogP contribution is -2.03. The van der Waals surface area contributed by atoms with Crippen molar-refractivity contribution in [3.8, 4) is 5.75 Å². The van der Waals surface area contributed by atoms with Crippen molar-refractivity contribution in [2.24, 2.45) is 5.92 Å². The monoisotopic (exact) mass is 285 g/mol. The van der Waals surface area contributed by atoms with E-state index >= 15 is 0 Å². The highest BCUT2D eigenvalue weighted by molar-refractivity contribution is 5.95. The number of rotatable bonds is 3. The minimum atomic E-state index is 0.169. The summed E-state index contributed by atoms with van der Waals surface area (Å²) in [6.07, 6.45) is 0.919. The van der Waals surface area contributed by atoms with E-state index in [0.29, 0.717) is 16.9 Å². The SMILES string of the molecule is COc1cccc2c1nc(N)n1nc(C3CC3CO)nc21. The standard InChI is InChI=1S/C14H15N5O2/c1-21-10-4-2-3-8-11(10)16-14(15)19-13(8)17-12(18-19)9-5-7(9)6-20/h2-4,7,9,20H,5-6H2,1H3,(H2,15,16). The van der Waals surface area contributed by atoms with Gasteiger partial charge >= 0.3 is 0 Å². The molecule has 1 saturated carbocycles. The fourth-order valence-electron chi connectivity index (χ4n) is 2.73. The molecule has 1 aliphatic carbocycles. The topological polar surface area (TPSA) is 98.6 Å². The van der Waals surface area contributed by atoms with Crippen LogP contribution in [0.1, 0.15) is 18.2 Å². The van der Waals surface area contributed by atoms with Crippen molar-refractivity contribution in [1.29, 1.82) is 0 Å². The Balaban J connectivity index is 1.97. The molecule has 0 radical (unpaired) electrons. The summed E-state index contributed by atoms with van der Waals surface area (Å²) in [4.78, 5) is 8.97. The highest BCUT2D eigenvalue weighted by Crippen LogP contribution is 2.45. The van der Waals surface area contributed by atoms with Gasteiger partial charge in [-0.25, -0.2) is 9.97 Å². The maximum atomic E-state index is 9.19. The van der Waals surface area contributed by atoms with Gasteiger partial charge in [0.1, 0.15) is 11.3 Å². The van der Waals surface area contributed by atoms with Crippen molar-refractivity contribution in [1.82, 2.24) is 19.6 Å². The molecule has 3 N–H and O–H groups in total. The van der Waals surface area contributed by atoms with Crippen LogP contribution in [0.25, 0.3) is 16.6 Å². The van der Waals surface area contributed by atoms with E-state index in [1.54, 1.807) is 11.6 Å². The van der Waals surface area contributed by atoms with Crippen LogP contribution in [-0.2, 0) is 0 Å². The molecule has 1 aromatic carbocycles. The number of ether oxygens (including phenoxy) is 1. The maximum Gasteiger partial charge on any atom is 0.223 e. The molecule has 4 rings (SSSR count). The van der Waals surface area contributed by atoms with Crippen LogP contribution < -0.4 is 10.5 Å². The molecule has 0 amide bonds. The number of aliphatic hydroxyl groups is 1. The molecule has 108 valence electrons. The fraction of sp³-hybridized carbons (Fsp3) is 0.357. The van der Waals surface area contributed by atoms with Gasteiger partial charge in [-0.1, -0.05) is 6.07 Å². The Kier molecular flexibility index (Phi) is 2.52. The largest absolute Gasteiger partial charge is 0.494 e. The molecule has 1 fully saturated rings. The van der Waals surface area contributed by atoms with Crippen molar-refractivity contribution < 1.29 is 9.84 Å². The van der Waals surface area contributed by atoms with Crippen LogP contribution in [0.2, 0.25) is 0 Å². The Labute approximate surface area is 120 Å². The van der Waals surface area contributed by atoms with Gasteiger partial charge in [-0.3, -0.25) is 0 Å². The summed E-state index contributed by atoms with van der Waals surface area (Å²) >= 11 is 0. The number of fused-ring (bicyclic) bond motifs is 3. The Hall–Kier alpha value is -2.41. The second-order valence-corrected chi connectivity index (χ2v) is 5.32. The summed E-state index contributed by atoms with van der Waals surface area (Å²) in [7, 11) is 1.60. The number of hydrogen-bond donors (Lipinski definition) is 2. The molecule has 3 aromatic rings. The average Bonchev–Trinajstić information content (AvgIpc) is 3.16. The molecular weight excluding hydrogens is 270 g/mol. The summed E-state index contributed by atoms with van der Waals surface area (Å²) < 4.78 is 6.88. The Morgan fingerprint density at radius 1 is 1.43 bits per heavy atom. The summed E-state index contributed by atoms with van der Waals surface area (Å²) in [6, 6.07) is 5.65. The number of aromatic nitrogens is 4. The summed E-state index contributed by atoms with van der Waals surface area (Å²) in [5, 5.41) is 14.5. The van der Waals surface area contributed by atoms with Gasteiger partial charge in [0.2, 0.25) is 5.95 Å². The van der Waals surface area contributed by atoms with E-state index in [1.165, 1.54) is 0 Å². The zero-order valence-corrected chi connectivity index (χ0v) is 11.5. The Morgan fingerprint density at radius 3 is 3.00 bits per heavy atom. The smallest absolute Gasteiger partial charge is 0.223 e. The molecule has 2 heterocycles. The van der Waals surface area contributed by atoms with Crippen LogP contribution >= 0.6 is 0 Å². The zero-order valence-electron chi connectivity index (χ0n) is 11.5. The maximum absolute atomic E-state index is 9.19. The van der Waals surface area contributed by atoms with Crippen LogP contribution in [0.5, 0.6) is 5.75 Å². The lowest BCUT2D eigenvalue weighted by atomic mass is 10.2. The van der Waals surface area contributed by atoms with Gasteiger partial charge < -0.3 is 15.6 Å². The first kappa shape index (κ1) is 12.3. The van der Waals surface area contributed by atoms with Gasteiger partial charge in [0.25, 0.3) is 0 Å². The van der Waals surface area contributed by atoms with Crippen LogP contribution in [0, 0.1) is 5.92 Å². The van der Waals surface area contributed by atoms with E-state index in [4.69, 9.17) is 10.5 Å². The van der Waals surface area contributed by atoms with Gasteiger partial charge in [-0.2, -0.15) is 4.52 Å². The number of benzene rings is 1. The van der Waals surface area contributed by atoms with Crippen molar-refractivity contribution >= 4 is 22.5 Å². The average molecular weight is 285 g/mol. The summed E-state index contributed by atoms with van der Waals surface area (Å²) in [5.74, 6) is 2.14. The first-order valence-corrected chi connectivity index (χ1v) is 6.82.